The Kier molecular flexibility index (Phi) is 6.15. The number of nitrogens with zero attached hydrogens (tertiary/aromatic N) is 2. The molecular formula is C22H23N3O6S. The van der Waals surface area contributed by atoms with Crippen LogP contribution in [0.1, 0.15) is 32.2 Å². The summed E-state index contributed by atoms with van der Waals surface area (Å²) in [7, 11) is -3.83. The van der Waals surface area contributed by atoms with Gasteiger partial charge < -0.3 is 18.6 Å². The van der Waals surface area contributed by atoms with Crippen LogP contribution >= 0.6 is 0 Å². The lowest BCUT2D eigenvalue weighted by atomic mass is 10.1. The molecule has 0 aliphatic carbocycles. The summed E-state index contributed by atoms with van der Waals surface area (Å²) in [6.07, 6.45) is 2.91. The largest absolute Gasteiger partial charge is 0.468 e. The molecule has 4 rings (SSSR count). The molecule has 1 saturated heterocycles. The number of amides is 2. The molecule has 1 aliphatic rings. The van der Waals surface area contributed by atoms with Crippen LogP contribution in [-0.4, -0.2) is 56.2 Å². The van der Waals surface area contributed by atoms with Gasteiger partial charge in [-0.1, -0.05) is 6.07 Å². The number of hydrogen-bond acceptors (Lipinski definition) is 6. The molecule has 32 heavy (non-hydrogen) atoms. The van der Waals surface area contributed by atoms with Gasteiger partial charge in [-0.05, 0) is 48.9 Å². The predicted molar refractivity (Wildman–Crippen MR) is 114 cm³/mol. The van der Waals surface area contributed by atoms with Crippen LogP contribution < -0.4 is 4.72 Å². The maximum absolute atomic E-state index is 13.1. The molecule has 0 bridgehead atoms. The molecule has 168 valence electrons. The van der Waals surface area contributed by atoms with Crippen molar-refractivity contribution in [2.75, 3.05) is 26.2 Å². The zero-order valence-corrected chi connectivity index (χ0v) is 18.3. The molecule has 1 N–H and O–H groups in total. The van der Waals surface area contributed by atoms with Crippen LogP contribution in [0.5, 0.6) is 0 Å². The van der Waals surface area contributed by atoms with E-state index in [1.165, 1.54) is 24.7 Å². The van der Waals surface area contributed by atoms with Crippen LogP contribution in [-0.2, 0) is 16.6 Å². The quantitative estimate of drug-likeness (QED) is 0.608. The minimum Gasteiger partial charge on any atom is -0.468 e. The zero-order valence-electron chi connectivity index (χ0n) is 17.5. The highest BCUT2D eigenvalue weighted by atomic mass is 32.2. The first-order valence-electron chi connectivity index (χ1n) is 10.1. The Morgan fingerprint density at radius 2 is 1.59 bits per heavy atom. The van der Waals surface area contributed by atoms with Gasteiger partial charge in [-0.2, -0.15) is 0 Å². The molecule has 0 radical (unpaired) electrons. The fraction of sp³-hybridized carbons (Fsp3) is 0.273. The Labute approximate surface area is 185 Å². The fourth-order valence-corrected chi connectivity index (χ4v) is 4.52. The first kappa shape index (κ1) is 21.8. The third kappa shape index (κ3) is 4.61. The summed E-state index contributed by atoms with van der Waals surface area (Å²) in [6.45, 7) is 3.20. The molecule has 0 saturated carbocycles. The van der Waals surface area contributed by atoms with Crippen LogP contribution in [0.4, 0.5) is 0 Å². The number of piperazine rings is 1. The number of benzene rings is 1. The molecule has 3 heterocycles. The van der Waals surface area contributed by atoms with E-state index in [0.29, 0.717) is 43.1 Å². The smallest absolute Gasteiger partial charge is 0.289 e. The van der Waals surface area contributed by atoms with E-state index in [-0.39, 0.29) is 29.0 Å². The summed E-state index contributed by atoms with van der Waals surface area (Å²) in [5.74, 6) is 0.268. The van der Waals surface area contributed by atoms with E-state index in [2.05, 4.69) is 4.72 Å². The van der Waals surface area contributed by atoms with Gasteiger partial charge in [-0.25, -0.2) is 13.1 Å². The van der Waals surface area contributed by atoms with Gasteiger partial charge in [0.25, 0.3) is 11.8 Å². The number of rotatable bonds is 6. The van der Waals surface area contributed by atoms with Gasteiger partial charge in [0.1, 0.15) is 5.76 Å². The molecular weight excluding hydrogens is 434 g/mol. The van der Waals surface area contributed by atoms with E-state index in [0.717, 1.165) is 0 Å². The normalized spacial score (nSPS) is 14.5. The van der Waals surface area contributed by atoms with Crippen molar-refractivity contribution in [2.24, 2.45) is 0 Å². The van der Waals surface area contributed by atoms with Crippen LogP contribution in [0.15, 0.2) is 68.7 Å². The SMILES string of the molecule is Cc1ccc(S(=O)(=O)NCc2ccco2)cc1C(=O)N1CCN(C(=O)c2ccco2)CC1. The molecule has 0 spiro atoms. The van der Waals surface area contributed by atoms with Crippen molar-refractivity contribution in [2.45, 2.75) is 18.4 Å². The van der Waals surface area contributed by atoms with Crippen molar-refractivity contribution in [3.63, 3.8) is 0 Å². The summed E-state index contributed by atoms with van der Waals surface area (Å²) in [4.78, 5) is 28.8. The predicted octanol–water partition coefficient (Wildman–Crippen LogP) is 2.26. The average Bonchev–Trinajstić information content (AvgIpc) is 3.51. The summed E-state index contributed by atoms with van der Waals surface area (Å²) < 4.78 is 38.2. The van der Waals surface area contributed by atoms with Crippen molar-refractivity contribution < 1.29 is 26.8 Å². The number of furan rings is 2. The molecule has 1 aromatic carbocycles. The topological polar surface area (TPSA) is 113 Å². The summed E-state index contributed by atoms with van der Waals surface area (Å²) >= 11 is 0. The Morgan fingerprint density at radius 1 is 0.938 bits per heavy atom. The van der Waals surface area contributed by atoms with Crippen molar-refractivity contribution >= 4 is 21.8 Å². The summed E-state index contributed by atoms with van der Waals surface area (Å²) in [6, 6.07) is 11.1. The van der Waals surface area contributed by atoms with Crippen molar-refractivity contribution in [1.29, 1.82) is 0 Å². The molecule has 1 fully saturated rings. The van der Waals surface area contributed by atoms with Gasteiger partial charge in [-0.15, -0.1) is 0 Å². The van der Waals surface area contributed by atoms with Gasteiger partial charge in [0.05, 0.1) is 24.0 Å². The number of nitrogens with one attached hydrogen (secondary N) is 1. The molecule has 2 amide bonds. The Balaban J connectivity index is 1.44. The number of sulfonamides is 1. The minimum atomic E-state index is -3.83. The van der Waals surface area contributed by atoms with E-state index in [4.69, 9.17) is 8.83 Å². The van der Waals surface area contributed by atoms with Crippen molar-refractivity contribution in [1.82, 2.24) is 14.5 Å². The maximum atomic E-state index is 13.1. The monoisotopic (exact) mass is 457 g/mol. The van der Waals surface area contributed by atoms with Gasteiger partial charge in [0, 0.05) is 31.7 Å². The fourth-order valence-electron chi connectivity index (χ4n) is 3.50. The first-order valence-corrected chi connectivity index (χ1v) is 11.6. The second-order valence-electron chi connectivity index (χ2n) is 7.44. The molecule has 3 aromatic rings. The van der Waals surface area contributed by atoms with Crippen LogP contribution in [0.2, 0.25) is 0 Å². The van der Waals surface area contributed by atoms with Gasteiger partial charge in [-0.3, -0.25) is 9.59 Å². The molecule has 9 nitrogen and oxygen atoms in total. The van der Waals surface area contributed by atoms with Crippen LogP contribution in [0.3, 0.4) is 0 Å². The Bertz CT molecular complexity index is 1190. The highest BCUT2D eigenvalue weighted by Crippen LogP contribution is 2.19. The van der Waals surface area contributed by atoms with E-state index in [9.17, 15) is 18.0 Å². The first-order chi connectivity index (χ1) is 15.3. The second kappa shape index (κ2) is 9.01. The molecule has 2 aromatic heterocycles. The van der Waals surface area contributed by atoms with Crippen molar-refractivity contribution in [3.05, 3.63) is 77.6 Å². The summed E-state index contributed by atoms with van der Waals surface area (Å²) in [5.41, 5.74) is 0.991. The Hall–Kier alpha value is -3.37. The highest BCUT2D eigenvalue weighted by Gasteiger charge is 2.28. The molecule has 0 atom stereocenters. The Morgan fingerprint density at radius 3 is 2.22 bits per heavy atom. The highest BCUT2D eigenvalue weighted by molar-refractivity contribution is 7.89. The second-order valence-corrected chi connectivity index (χ2v) is 9.21. The van der Waals surface area contributed by atoms with Gasteiger partial charge in [0.2, 0.25) is 10.0 Å². The van der Waals surface area contributed by atoms with E-state index in [1.54, 1.807) is 47.1 Å². The van der Waals surface area contributed by atoms with E-state index in [1.807, 2.05) is 0 Å². The molecule has 10 heteroatoms. The van der Waals surface area contributed by atoms with Crippen LogP contribution in [0, 0.1) is 6.92 Å². The number of carbonyl (C=O) groups excluding carboxylic acids is 2. The van der Waals surface area contributed by atoms with E-state index < -0.39 is 10.0 Å². The third-order valence-corrected chi connectivity index (χ3v) is 6.75. The lowest BCUT2D eigenvalue weighted by Crippen LogP contribution is -2.50. The average molecular weight is 458 g/mol. The van der Waals surface area contributed by atoms with Gasteiger partial charge >= 0.3 is 0 Å². The zero-order chi connectivity index (χ0) is 22.7. The standard InChI is InChI=1S/C22H23N3O6S/c1-16-6-7-18(32(28,29)23-15-17-4-2-12-30-17)14-19(16)21(26)24-8-10-25(11-9-24)22(27)20-5-3-13-31-20/h2-7,12-14,23H,8-11,15H2,1H3. The third-order valence-electron chi connectivity index (χ3n) is 5.35. The number of hydrogen-bond donors (Lipinski definition) is 1. The van der Waals surface area contributed by atoms with Crippen molar-refractivity contribution in [3.8, 4) is 0 Å². The maximum Gasteiger partial charge on any atom is 0.289 e. The number of carbonyl (C=O) groups is 2. The number of aryl methyl sites for hydroxylation is 1. The lowest BCUT2D eigenvalue weighted by molar-refractivity contribution is 0.0517. The minimum absolute atomic E-state index is 0.00430. The van der Waals surface area contributed by atoms with Gasteiger partial charge in [0.15, 0.2) is 5.76 Å². The summed E-state index contributed by atoms with van der Waals surface area (Å²) in [5, 5.41) is 0. The molecule has 1 aliphatic heterocycles. The van der Waals surface area contributed by atoms with Crippen LogP contribution in [0.25, 0.3) is 0 Å². The van der Waals surface area contributed by atoms with E-state index >= 15 is 0 Å². The lowest BCUT2D eigenvalue weighted by Gasteiger charge is -2.34. The molecule has 0 unspecified atom stereocenters.